The Morgan fingerprint density at radius 3 is 2.39 bits per heavy atom. The van der Waals surface area contributed by atoms with Crippen molar-refractivity contribution in [1.82, 2.24) is 5.32 Å². The third-order valence-electron chi connectivity index (χ3n) is 3.82. The van der Waals surface area contributed by atoms with Crippen LogP contribution in [0.15, 0.2) is 54.6 Å². The monoisotopic (exact) mass is 310 g/mol. The molecule has 2 aromatic carbocycles. The van der Waals surface area contributed by atoms with E-state index < -0.39 is 0 Å². The molecule has 0 saturated heterocycles. The van der Waals surface area contributed by atoms with Crippen molar-refractivity contribution in [3.8, 4) is 0 Å². The molecule has 0 aliphatic carbocycles. The molecule has 122 valence electrons. The molecule has 23 heavy (non-hydrogen) atoms. The lowest BCUT2D eigenvalue weighted by Crippen LogP contribution is -2.24. The van der Waals surface area contributed by atoms with Gasteiger partial charge in [-0.3, -0.25) is 4.79 Å². The second kappa shape index (κ2) is 9.11. The Balaban J connectivity index is 1.69. The summed E-state index contributed by atoms with van der Waals surface area (Å²) >= 11 is 0. The number of para-hydroxylation sites is 1. The predicted octanol–water partition coefficient (Wildman–Crippen LogP) is 3.97. The zero-order valence-corrected chi connectivity index (χ0v) is 14.0. The van der Waals surface area contributed by atoms with Crippen LogP contribution in [0.3, 0.4) is 0 Å². The Kier molecular flexibility index (Phi) is 6.82. The first-order valence-electron chi connectivity index (χ1n) is 8.30. The van der Waals surface area contributed by atoms with Crippen LogP contribution in [0.4, 0.5) is 5.69 Å². The summed E-state index contributed by atoms with van der Waals surface area (Å²) in [6, 6.07) is 18.4. The average Bonchev–Trinajstić information content (AvgIpc) is 2.56. The highest BCUT2D eigenvalue weighted by molar-refractivity contribution is 5.91. The van der Waals surface area contributed by atoms with E-state index in [4.69, 9.17) is 0 Å². The average molecular weight is 310 g/mol. The molecule has 2 N–H and O–H groups in total. The van der Waals surface area contributed by atoms with Gasteiger partial charge in [0.15, 0.2) is 0 Å². The molecule has 0 bridgehead atoms. The maximum atomic E-state index is 12.1. The topological polar surface area (TPSA) is 41.1 Å². The summed E-state index contributed by atoms with van der Waals surface area (Å²) in [6.45, 7) is 5.86. The van der Waals surface area contributed by atoms with Crippen LogP contribution in [0.2, 0.25) is 0 Å². The molecule has 0 saturated carbocycles. The number of anilines is 1. The Morgan fingerprint density at radius 2 is 1.65 bits per heavy atom. The van der Waals surface area contributed by atoms with Crippen molar-refractivity contribution in [3.63, 3.8) is 0 Å². The molecule has 2 aromatic rings. The smallest absolute Gasteiger partial charge is 0.225 e. The van der Waals surface area contributed by atoms with Gasteiger partial charge in [0.2, 0.25) is 5.91 Å². The van der Waals surface area contributed by atoms with E-state index in [9.17, 15) is 4.79 Å². The molecule has 0 aliphatic rings. The van der Waals surface area contributed by atoms with Crippen LogP contribution in [-0.2, 0) is 11.2 Å². The van der Waals surface area contributed by atoms with Gasteiger partial charge in [-0.1, -0.05) is 62.4 Å². The Hall–Kier alpha value is -2.13. The molecular weight excluding hydrogens is 284 g/mol. The highest BCUT2D eigenvalue weighted by Crippen LogP contribution is 2.23. The summed E-state index contributed by atoms with van der Waals surface area (Å²) in [6.07, 6.45) is 1.47. The first-order chi connectivity index (χ1) is 11.2. The molecule has 0 aromatic heterocycles. The van der Waals surface area contributed by atoms with Gasteiger partial charge in [0.1, 0.15) is 0 Å². The fourth-order valence-electron chi connectivity index (χ4n) is 2.53. The van der Waals surface area contributed by atoms with Gasteiger partial charge in [-0.2, -0.15) is 0 Å². The fourth-order valence-corrected chi connectivity index (χ4v) is 2.53. The van der Waals surface area contributed by atoms with E-state index in [-0.39, 0.29) is 5.91 Å². The van der Waals surface area contributed by atoms with Crippen molar-refractivity contribution >= 4 is 11.6 Å². The second-order valence-electron chi connectivity index (χ2n) is 6.03. The Labute approximate surface area is 139 Å². The molecule has 3 nitrogen and oxygen atoms in total. The minimum Gasteiger partial charge on any atom is -0.326 e. The van der Waals surface area contributed by atoms with E-state index in [1.54, 1.807) is 0 Å². The molecule has 0 aliphatic heterocycles. The third-order valence-corrected chi connectivity index (χ3v) is 3.82. The molecule has 1 amide bonds. The first-order valence-corrected chi connectivity index (χ1v) is 8.30. The standard InChI is InChI=1S/C20H26N2O/c1-16(2)18-10-6-7-11-19(18)22-20(23)13-15-21-14-12-17-8-4-3-5-9-17/h3-11,16,21H,12-15H2,1-2H3,(H,22,23). The van der Waals surface area contributed by atoms with E-state index in [2.05, 4.69) is 54.8 Å². The number of benzene rings is 2. The van der Waals surface area contributed by atoms with Crippen LogP contribution in [0, 0.1) is 0 Å². The molecule has 0 unspecified atom stereocenters. The number of nitrogens with one attached hydrogen (secondary N) is 2. The van der Waals surface area contributed by atoms with Gasteiger partial charge >= 0.3 is 0 Å². The van der Waals surface area contributed by atoms with Crippen LogP contribution in [0.25, 0.3) is 0 Å². The minimum absolute atomic E-state index is 0.0605. The molecule has 0 heterocycles. The number of hydrogen-bond acceptors (Lipinski definition) is 2. The van der Waals surface area contributed by atoms with E-state index in [1.165, 1.54) is 11.1 Å². The van der Waals surface area contributed by atoms with E-state index >= 15 is 0 Å². The number of rotatable bonds is 8. The third kappa shape index (κ3) is 5.87. The molecule has 0 spiro atoms. The molecular formula is C20H26N2O. The Bertz CT molecular complexity index is 608. The molecule has 0 radical (unpaired) electrons. The summed E-state index contributed by atoms with van der Waals surface area (Å²) in [5, 5.41) is 6.35. The first kappa shape index (κ1) is 17.2. The summed E-state index contributed by atoms with van der Waals surface area (Å²) < 4.78 is 0. The summed E-state index contributed by atoms with van der Waals surface area (Å²) in [7, 11) is 0. The van der Waals surface area contributed by atoms with Gasteiger partial charge in [-0.25, -0.2) is 0 Å². The Morgan fingerprint density at radius 1 is 0.957 bits per heavy atom. The van der Waals surface area contributed by atoms with E-state index in [0.717, 1.165) is 18.7 Å². The van der Waals surface area contributed by atoms with Gasteiger partial charge in [0.25, 0.3) is 0 Å². The zero-order valence-electron chi connectivity index (χ0n) is 14.0. The summed E-state index contributed by atoms with van der Waals surface area (Å²) in [5.41, 5.74) is 3.42. The minimum atomic E-state index is 0.0605. The van der Waals surface area contributed by atoms with Crippen LogP contribution in [0.5, 0.6) is 0 Å². The molecule has 0 atom stereocenters. The van der Waals surface area contributed by atoms with Crippen molar-refractivity contribution in [3.05, 3.63) is 65.7 Å². The maximum Gasteiger partial charge on any atom is 0.225 e. The lowest BCUT2D eigenvalue weighted by molar-refractivity contribution is -0.116. The van der Waals surface area contributed by atoms with Crippen molar-refractivity contribution in [1.29, 1.82) is 0 Å². The van der Waals surface area contributed by atoms with E-state index in [1.807, 2.05) is 24.3 Å². The van der Waals surface area contributed by atoms with Crippen LogP contribution in [-0.4, -0.2) is 19.0 Å². The summed E-state index contributed by atoms with van der Waals surface area (Å²) in [4.78, 5) is 12.1. The molecule has 3 heteroatoms. The maximum absolute atomic E-state index is 12.1. The quantitative estimate of drug-likeness (QED) is 0.724. The van der Waals surface area contributed by atoms with Crippen LogP contribution >= 0.6 is 0 Å². The highest BCUT2D eigenvalue weighted by Gasteiger charge is 2.08. The van der Waals surface area contributed by atoms with Crippen LogP contribution < -0.4 is 10.6 Å². The number of carbonyl (C=O) groups excluding carboxylic acids is 1. The van der Waals surface area contributed by atoms with Crippen molar-refractivity contribution in [2.24, 2.45) is 0 Å². The van der Waals surface area contributed by atoms with E-state index in [0.29, 0.717) is 18.9 Å². The molecule has 0 fully saturated rings. The predicted molar refractivity (Wildman–Crippen MR) is 96.8 cm³/mol. The zero-order chi connectivity index (χ0) is 16.5. The van der Waals surface area contributed by atoms with Crippen LogP contribution in [0.1, 0.15) is 37.3 Å². The van der Waals surface area contributed by atoms with Gasteiger partial charge in [-0.15, -0.1) is 0 Å². The molecule has 2 rings (SSSR count). The summed E-state index contributed by atoms with van der Waals surface area (Å²) in [5.74, 6) is 0.459. The number of amides is 1. The lowest BCUT2D eigenvalue weighted by Gasteiger charge is -2.13. The van der Waals surface area contributed by atoms with Gasteiger partial charge in [0.05, 0.1) is 0 Å². The second-order valence-corrected chi connectivity index (χ2v) is 6.03. The van der Waals surface area contributed by atoms with Gasteiger partial charge in [0, 0.05) is 18.7 Å². The van der Waals surface area contributed by atoms with Gasteiger partial charge in [-0.05, 0) is 36.1 Å². The van der Waals surface area contributed by atoms with Crippen molar-refractivity contribution < 1.29 is 4.79 Å². The normalized spacial score (nSPS) is 10.7. The fraction of sp³-hybridized carbons (Fsp3) is 0.350. The largest absolute Gasteiger partial charge is 0.326 e. The number of hydrogen-bond donors (Lipinski definition) is 2. The SMILES string of the molecule is CC(C)c1ccccc1NC(=O)CCNCCc1ccccc1. The van der Waals surface area contributed by atoms with Crippen molar-refractivity contribution in [2.45, 2.75) is 32.6 Å². The van der Waals surface area contributed by atoms with Gasteiger partial charge < -0.3 is 10.6 Å². The lowest BCUT2D eigenvalue weighted by atomic mass is 10.0. The number of carbonyl (C=O) groups is 1. The van der Waals surface area contributed by atoms with Crippen molar-refractivity contribution in [2.75, 3.05) is 18.4 Å². The highest BCUT2D eigenvalue weighted by atomic mass is 16.1.